The molecule has 4 nitrogen and oxygen atoms in total. The Morgan fingerprint density at radius 3 is 2.60 bits per heavy atom. The lowest BCUT2D eigenvalue weighted by atomic mass is 10.2. The molecule has 1 unspecified atom stereocenters. The molecule has 1 rings (SSSR count). The maximum Gasteiger partial charge on any atom is 0.417 e. The molecule has 1 atom stereocenters. The maximum atomic E-state index is 12.6. The molecule has 1 aromatic rings. The van der Waals surface area contributed by atoms with Crippen molar-refractivity contribution < 1.29 is 18.0 Å². The van der Waals surface area contributed by atoms with Crippen LogP contribution in [0.3, 0.4) is 0 Å². The van der Waals surface area contributed by atoms with Gasteiger partial charge in [0.1, 0.15) is 11.6 Å². The molecule has 0 aliphatic rings. The number of carbonyl (C=O) groups is 1. The van der Waals surface area contributed by atoms with Crippen molar-refractivity contribution in [3.8, 4) is 0 Å². The van der Waals surface area contributed by atoms with Crippen LogP contribution in [-0.2, 0) is 17.5 Å². The van der Waals surface area contributed by atoms with E-state index in [-0.39, 0.29) is 6.04 Å². The lowest BCUT2D eigenvalue weighted by Gasteiger charge is -2.14. The van der Waals surface area contributed by atoms with Crippen LogP contribution >= 0.6 is 11.6 Å². The fourth-order valence-electron chi connectivity index (χ4n) is 1.45. The van der Waals surface area contributed by atoms with Gasteiger partial charge in [0, 0.05) is 12.2 Å². The summed E-state index contributed by atoms with van der Waals surface area (Å²) in [5.41, 5.74) is -1.91. The zero-order valence-electron chi connectivity index (χ0n) is 10.9. The van der Waals surface area contributed by atoms with Gasteiger partial charge in [-0.3, -0.25) is 9.59 Å². The Hall–Kier alpha value is -1.50. The number of amides is 1. The molecule has 0 fully saturated rings. The van der Waals surface area contributed by atoms with E-state index >= 15 is 0 Å². The van der Waals surface area contributed by atoms with Crippen molar-refractivity contribution in [1.82, 2.24) is 9.88 Å². The van der Waals surface area contributed by atoms with Crippen LogP contribution in [0.4, 0.5) is 13.2 Å². The molecule has 1 heterocycles. The first-order valence-corrected chi connectivity index (χ1v) is 6.29. The molecule has 20 heavy (non-hydrogen) atoms. The first kappa shape index (κ1) is 16.6. The monoisotopic (exact) mass is 310 g/mol. The van der Waals surface area contributed by atoms with Crippen LogP contribution in [-0.4, -0.2) is 16.5 Å². The molecule has 0 aliphatic carbocycles. The van der Waals surface area contributed by atoms with E-state index in [1.165, 1.54) is 0 Å². The Kier molecular flexibility index (Phi) is 5.21. The fourth-order valence-corrected chi connectivity index (χ4v) is 1.68. The van der Waals surface area contributed by atoms with Crippen molar-refractivity contribution in [2.24, 2.45) is 0 Å². The van der Waals surface area contributed by atoms with Gasteiger partial charge in [0.2, 0.25) is 5.91 Å². The zero-order chi connectivity index (χ0) is 15.5. The molecule has 0 saturated carbocycles. The first-order chi connectivity index (χ1) is 9.15. The third-order valence-electron chi connectivity index (χ3n) is 2.70. The van der Waals surface area contributed by atoms with E-state index in [2.05, 4.69) is 5.32 Å². The molecular formula is C12H14ClF3N2O2. The van der Waals surface area contributed by atoms with Gasteiger partial charge in [0.15, 0.2) is 0 Å². The zero-order valence-corrected chi connectivity index (χ0v) is 11.7. The van der Waals surface area contributed by atoms with Crippen LogP contribution < -0.4 is 10.9 Å². The van der Waals surface area contributed by atoms with Crippen LogP contribution in [0.5, 0.6) is 0 Å². The van der Waals surface area contributed by atoms with Crippen molar-refractivity contribution in [2.75, 3.05) is 0 Å². The quantitative estimate of drug-likeness (QED) is 0.928. The average molecular weight is 311 g/mol. The second-order valence-electron chi connectivity index (χ2n) is 4.38. The van der Waals surface area contributed by atoms with Crippen LogP contribution in [0.1, 0.15) is 25.8 Å². The number of hydrogen-bond acceptors (Lipinski definition) is 2. The highest BCUT2D eigenvalue weighted by molar-refractivity contribution is 6.30. The number of alkyl halides is 3. The van der Waals surface area contributed by atoms with E-state index in [4.69, 9.17) is 11.6 Å². The largest absolute Gasteiger partial charge is 0.417 e. The second-order valence-corrected chi connectivity index (χ2v) is 4.79. The second kappa shape index (κ2) is 6.30. The van der Waals surface area contributed by atoms with E-state index in [0.29, 0.717) is 23.3 Å². The van der Waals surface area contributed by atoms with E-state index in [1.54, 1.807) is 6.92 Å². The minimum atomic E-state index is -4.63. The predicted molar refractivity (Wildman–Crippen MR) is 68.6 cm³/mol. The van der Waals surface area contributed by atoms with Crippen LogP contribution in [0.25, 0.3) is 0 Å². The van der Waals surface area contributed by atoms with E-state index in [0.717, 1.165) is 0 Å². The molecular weight excluding hydrogens is 297 g/mol. The highest BCUT2D eigenvalue weighted by atomic mass is 35.5. The SMILES string of the molecule is CCC(C)NC(=O)Cn1cc(C(F)(F)F)cc(Cl)c1=O. The van der Waals surface area contributed by atoms with Gasteiger partial charge >= 0.3 is 6.18 Å². The van der Waals surface area contributed by atoms with Crippen LogP contribution in [0.2, 0.25) is 5.02 Å². The minimum Gasteiger partial charge on any atom is -0.352 e. The van der Waals surface area contributed by atoms with Crippen molar-refractivity contribution >= 4 is 17.5 Å². The van der Waals surface area contributed by atoms with Gasteiger partial charge in [-0.1, -0.05) is 18.5 Å². The summed E-state index contributed by atoms with van der Waals surface area (Å²) in [5, 5.41) is 1.99. The molecule has 0 aliphatic heterocycles. The van der Waals surface area contributed by atoms with Crippen LogP contribution in [0.15, 0.2) is 17.1 Å². The Morgan fingerprint density at radius 1 is 1.50 bits per heavy atom. The number of nitrogens with zero attached hydrogens (tertiary/aromatic N) is 1. The minimum absolute atomic E-state index is 0.125. The molecule has 0 bridgehead atoms. The number of nitrogens with one attached hydrogen (secondary N) is 1. The molecule has 1 amide bonds. The topological polar surface area (TPSA) is 51.1 Å². The lowest BCUT2D eigenvalue weighted by molar-refractivity contribution is -0.138. The maximum absolute atomic E-state index is 12.6. The third-order valence-corrected chi connectivity index (χ3v) is 2.97. The van der Waals surface area contributed by atoms with E-state index < -0.39 is 34.8 Å². The Morgan fingerprint density at radius 2 is 2.10 bits per heavy atom. The van der Waals surface area contributed by atoms with Crippen molar-refractivity contribution in [3.63, 3.8) is 0 Å². The molecule has 1 N–H and O–H groups in total. The van der Waals surface area contributed by atoms with Gasteiger partial charge in [0.05, 0.1) is 5.56 Å². The van der Waals surface area contributed by atoms with Gasteiger partial charge in [-0.25, -0.2) is 0 Å². The van der Waals surface area contributed by atoms with Gasteiger partial charge in [-0.05, 0) is 19.4 Å². The fraction of sp³-hybridized carbons (Fsp3) is 0.500. The molecule has 8 heteroatoms. The average Bonchev–Trinajstić information content (AvgIpc) is 2.33. The normalized spacial score (nSPS) is 13.1. The summed E-state index contributed by atoms with van der Waals surface area (Å²) in [4.78, 5) is 23.2. The number of hydrogen-bond donors (Lipinski definition) is 1. The van der Waals surface area contributed by atoms with Gasteiger partial charge in [0.25, 0.3) is 5.56 Å². The Labute approximate surface area is 118 Å². The summed E-state index contributed by atoms with van der Waals surface area (Å²) in [7, 11) is 0. The summed E-state index contributed by atoms with van der Waals surface area (Å²) in [6.45, 7) is 3.09. The predicted octanol–water partition coefficient (Wildman–Crippen LogP) is 2.44. The number of rotatable bonds is 4. The Bertz CT molecular complexity index is 555. The lowest BCUT2D eigenvalue weighted by Crippen LogP contribution is -2.37. The number of aromatic nitrogens is 1. The van der Waals surface area contributed by atoms with Gasteiger partial charge in [-0.2, -0.15) is 13.2 Å². The molecule has 0 aromatic carbocycles. The van der Waals surface area contributed by atoms with Crippen molar-refractivity contribution in [3.05, 3.63) is 33.2 Å². The summed E-state index contributed by atoms with van der Waals surface area (Å²) < 4.78 is 38.5. The third kappa shape index (κ3) is 4.26. The highest BCUT2D eigenvalue weighted by Crippen LogP contribution is 2.29. The standard InChI is InChI=1S/C12H14ClF3N2O2/c1-3-7(2)17-10(19)6-18-5-8(12(14,15)16)4-9(13)11(18)20/h4-5,7H,3,6H2,1-2H3,(H,17,19). The highest BCUT2D eigenvalue weighted by Gasteiger charge is 2.32. The summed E-state index contributed by atoms with van der Waals surface area (Å²) in [6.07, 6.45) is -3.37. The first-order valence-electron chi connectivity index (χ1n) is 5.91. The number of carbonyl (C=O) groups excluding carboxylic acids is 1. The number of pyridine rings is 1. The summed E-state index contributed by atoms with van der Waals surface area (Å²) in [6, 6.07) is 0.423. The van der Waals surface area contributed by atoms with Gasteiger partial charge in [-0.15, -0.1) is 0 Å². The number of halogens is 4. The van der Waals surface area contributed by atoms with Crippen molar-refractivity contribution in [1.29, 1.82) is 0 Å². The molecule has 1 aromatic heterocycles. The Balaban J connectivity index is 3.03. The van der Waals surface area contributed by atoms with E-state index in [1.807, 2.05) is 6.92 Å². The molecule has 0 saturated heterocycles. The summed E-state index contributed by atoms with van der Waals surface area (Å²) >= 11 is 5.48. The summed E-state index contributed by atoms with van der Waals surface area (Å²) in [5.74, 6) is -0.545. The molecule has 112 valence electrons. The van der Waals surface area contributed by atoms with E-state index in [9.17, 15) is 22.8 Å². The smallest absolute Gasteiger partial charge is 0.352 e. The van der Waals surface area contributed by atoms with Crippen LogP contribution in [0, 0.1) is 0 Å². The van der Waals surface area contributed by atoms with Gasteiger partial charge < -0.3 is 9.88 Å². The molecule has 0 spiro atoms. The molecule has 0 radical (unpaired) electrons. The van der Waals surface area contributed by atoms with Crippen molar-refractivity contribution in [2.45, 2.75) is 39.0 Å².